The van der Waals surface area contributed by atoms with E-state index in [1.54, 1.807) is 0 Å². The van der Waals surface area contributed by atoms with E-state index in [-0.39, 0.29) is 0 Å². The molecule has 1 N–H and O–H groups in total. The van der Waals surface area contributed by atoms with Crippen molar-refractivity contribution >= 4 is 5.69 Å². The lowest BCUT2D eigenvalue weighted by Gasteiger charge is -2.29. The molecular formula is C15H24N2. The summed E-state index contributed by atoms with van der Waals surface area (Å²) in [5.41, 5.74) is 2.42. The minimum absolute atomic E-state index is 0.659. The minimum Gasteiger partial charge on any atom is -0.381 e. The van der Waals surface area contributed by atoms with Crippen molar-refractivity contribution in [2.45, 2.75) is 58.4 Å². The van der Waals surface area contributed by atoms with E-state index in [0.29, 0.717) is 6.04 Å². The molecule has 2 rings (SSSR count). The summed E-state index contributed by atoms with van der Waals surface area (Å²) >= 11 is 0. The molecule has 2 nitrogen and oxygen atoms in total. The average molecular weight is 232 g/mol. The summed E-state index contributed by atoms with van der Waals surface area (Å²) in [5.74, 6) is 0.980. The van der Waals surface area contributed by atoms with Crippen molar-refractivity contribution in [3.63, 3.8) is 0 Å². The molecule has 17 heavy (non-hydrogen) atoms. The predicted octanol–water partition coefficient (Wildman–Crippen LogP) is 4.16. The first-order valence-corrected chi connectivity index (χ1v) is 6.96. The third kappa shape index (κ3) is 3.72. The molecule has 1 aromatic rings. The van der Waals surface area contributed by atoms with E-state index in [0.717, 1.165) is 5.92 Å². The van der Waals surface area contributed by atoms with Gasteiger partial charge in [0.2, 0.25) is 0 Å². The Balaban J connectivity index is 1.82. The quantitative estimate of drug-likeness (QED) is 0.843. The minimum atomic E-state index is 0.659. The van der Waals surface area contributed by atoms with Gasteiger partial charge >= 0.3 is 0 Å². The van der Waals surface area contributed by atoms with Crippen LogP contribution in [0.2, 0.25) is 0 Å². The molecule has 0 aliphatic heterocycles. The van der Waals surface area contributed by atoms with Crippen LogP contribution in [0, 0.1) is 12.8 Å². The van der Waals surface area contributed by atoms with Crippen molar-refractivity contribution in [3.05, 3.63) is 24.0 Å². The highest BCUT2D eigenvalue weighted by Crippen LogP contribution is 2.29. The Morgan fingerprint density at radius 2 is 2.00 bits per heavy atom. The maximum absolute atomic E-state index is 4.23. The monoisotopic (exact) mass is 232 g/mol. The van der Waals surface area contributed by atoms with E-state index >= 15 is 0 Å². The number of aromatic nitrogens is 1. The van der Waals surface area contributed by atoms with Crippen molar-refractivity contribution in [2.75, 3.05) is 5.32 Å². The molecule has 0 spiro atoms. The van der Waals surface area contributed by atoms with Crippen LogP contribution in [0.4, 0.5) is 5.69 Å². The third-order valence-corrected chi connectivity index (χ3v) is 3.79. The third-order valence-electron chi connectivity index (χ3n) is 3.79. The van der Waals surface area contributed by atoms with Crippen LogP contribution in [-0.2, 0) is 0 Å². The number of anilines is 1. The highest BCUT2D eigenvalue weighted by Gasteiger charge is 2.20. The lowest BCUT2D eigenvalue weighted by atomic mass is 9.83. The number of pyridine rings is 1. The lowest BCUT2D eigenvalue weighted by molar-refractivity contribution is 0.319. The molecule has 0 radical (unpaired) electrons. The molecule has 2 heteroatoms. The fourth-order valence-electron chi connectivity index (χ4n) is 2.87. The van der Waals surface area contributed by atoms with E-state index in [9.17, 15) is 0 Å². The van der Waals surface area contributed by atoms with Gasteiger partial charge in [-0.25, -0.2) is 0 Å². The predicted molar refractivity (Wildman–Crippen MR) is 73.3 cm³/mol. The summed E-state index contributed by atoms with van der Waals surface area (Å²) < 4.78 is 0. The Labute approximate surface area is 105 Å². The molecule has 94 valence electrons. The highest BCUT2D eigenvalue weighted by molar-refractivity contribution is 5.43. The van der Waals surface area contributed by atoms with Crippen molar-refractivity contribution < 1.29 is 0 Å². The Bertz CT molecular complexity index is 341. The molecule has 0 saturated heterocycles. The molecule has 0 aromatic carbocycles. The fraction of sp³-hybridized carbons (Fsp3) is 0.667. The van der Waals surface area contributed by atoms with Gasteiger partial charge in [0.15, 0.2) is 0 Å². The number of aryl methyl sites for hydroxylation is 1. The molecule has 0 amide bonds. The van der Waals surface area contributed by atoms with Crippen LogP contribution in [0.25, 0.3) is 0 Å². The molecule has 1 aliphatic carbocycles. The Morgan fingerprint density at radius 3 is 2.65 bits per heavy atom. The van der Waals surface area contributed by atoms with E-state index in [2.05, 4.69) is 30.2 Å². The van der Waals surface area contributed by atoms with Gasteiger partial charge in [-0.1, -0.05) is 19.8 Å². The maximum Gasteiger partial charge on any atom is 0.0531 e. The zero-order chi connectivity index (χ0) is 12.1. The molecule has 1 fully saturated rings. The maximum atomic E-state index is 4.23. The normalized spacial score (nSPS) is 24.6. The standard InChI is InChI=1S/C15H24N2/c1-3-4-13-5-7-14(8-6-13)17-15-9-12(2)10-16-11-15/h9-11,13-14,17H,3-8H2,1-2H3. The molecule has 0 atom stereocenters. The summed E-state index contributed by atoms with van der Waals surface area (Å²) in [6.45, 7) is 4.39. The molecule has 1 heterocycles. The van der Waals surface area contributed by atoms with Crippen LogP contribution >= 0.6 is 0 Å². The molecule has 0 bridgehead atoms. The van der Waals surface area contributed by atoms with Gasteiger partial charge in [-0.3, -0.25) is 4.98 Å². The number of hydrogen-bond donors (Lipinski definition) is 1. The van der Waals surface area contributed by atoms with Crippen molar-refractivity contribution in [1.29, 1.82) is 0 Å². The van der Waals surface area contributed by atoms with Gasteiger partial charge in [-0.2, -0.15) is 0 Å². The van der Waals surface area contributed by atoms with Crippen molar-refractivity contribution in [2.24, 2.45) is 5.92 Å². The van der Waals surface area contributed by atoms with Crippen LogP contribution in [-0.4, -0.2) is 11.0 Å². The Morgan fingerprint density at radius 1 is 1.24 bits per heavy atom. The van der Waals surface area contributed by atoms with Crippen LogP contribution in [0.15, 0.2) is 18.5 Å². The Hall–Kier alpha value is -1.05. The van der Waals surface area contributed by atoms with E-state index < -0.39 is 0 Å². The summed E-state index contributed by atoms with van der Waals surface area (Å²) in [6.07, 6.45) is 12.0. The van der Waals surface area contributed by atoms with Crippen LogP contribution in [0.1, 0.15) is 51.0 Å². The van der Waals surface area contributed by atoms with Gasteiger partial charge in [0.1, 0.15) is 0 Å². The molecular weight excluding hydrogens is 208 g/mol. The smallest absolute Gasteiger partial charge is 0.0531 e. The molecule has 1 aromatic heterocycles. The van der Waals surface area contributed by atoms with E-state index in [1.807, 2.05) is 12.4 Å². The summed E-state index contributed by atoms with van der Waals surface area (Å²) in [5, 5.41) is 3.62. The van der Waals surface area contributed by atoms with Gasteiger partial charge < -0.3 is 5.32 Å². The van der Waals surface area contributed by atoms with Gasteiger partial charge in [0.05, 0.1) is 5.69 Å². The van der Waals surface area contributed by atoms with Gasteiger partial charge in [0, 0.05) is 18.4 Å². The molecule has 1 aliphatic rings. The van der Waals surface area contributed by atoms with Crippen molar-refractivity contribution in [3.8, 4) is 0 Å². The second kappa shape index (κ2) is 6.04. The van der Waals surface area contributed by atoms with Crippen LogP contribution < -0.4 is 5.32 Å². The number of nitrogens with zero attached hydrogens (tertiary/aromatic N) is 1. The second-order valence-electron chi connectivity index (χ2n) is 5.40. The summed E-state index contributed by atoms with van der Waals surface area (Å²) in [7, 11) is 0. The largest absolute Gasteiger partial charge is 0.381 e. The number of nitrogens with one attached hydrogen (secondary N) is 1. The van der Waals surface area contributed by atoms with E-state index in [4.69, 9.17) is 0 Å². The fourth-order valence-corrected chi connectivity index (χ4v) is 2.87. The zero-order valence-electron chi connectivity index (χ0n) is 11.1. The first kappa shape index (κ1) is 12.4. The van der Waals surface area contributed by atoms with Gasteiger partial charge in [0.25, 0.3) is 0 Å². The topological polar surface area (TPSA) is 24.9 Å². The molecule has 1 saturated carbocycles. The Kier molecular flexibility index (Phi) is 4.41. The van der Waals surface area contributed by atoms with E-state index in [1.165, 1.54) is 49.8 Å². The number of hydrogen-bond acceptors (Lipinski definition) is 2. The first-order chi connectivity index (χ1) is 8.28. The zero-order valence-corrected chi connectivity index (χ0v) is 11.1. The molecule has 0 unspecified atom stereocenters. The van der Waals surface area contributed by atoms with Crippen LogP contribution in [0.5, 0.6) is 0 Å². The van der Waals surface area contributed by atoms with Gasteiger partial charge in [-0.15, -0.1) is 0 Å². The second-order valence-corrected chi connectivity index (χ2v) is 5.40. The van der Waals surface area contributed by atoms with Crippen LogP contribution in [0.3, 0.4) is 0 Å². The summed E-state index contributed by atoms with van der Waals surface area (Å²) in [4.78, 5) is 4.23. The highest BCUT2D eigenvalue weighted by atomic mass is 14.9. The van der Waals surface area contributed by atoms with Gasteiger partial charge in [-0.05, 0) is 50.2 Å². The summed E-state index contributed by atoms with van der Waals surface area (Å²) in [6, 6.07) is 2.84. The average Bonchev–Trinajstić information content (AvgIpc) is 2.32. The lowest BCUT2D eigenvalue weighted by Crippen LogP contribution is -2.26. The first-order valence-electron chi connectivity index (χ1n) is 6.96. The SMILES string of the molecule is CCCC1CCC(Nc2cncc(C)c2)CC1. The van der Waals surface area contributed by atoms with Crippen molar-refractivity contribution in [1.82, 2.24) is 4.98 Å². The number of rotatable bonds is 4.